The molecule has 0 unspecified atom stereocenters. The third kappa shape index (κ3) is 7.12. The molecule has 31 heavy (non-hydrogen) atoms. The number of hydrogen-bond acceptors (Lipinski definition) is 5. The summed E-state index contributed by atoms with van der Waals surface area (Å²) in [5.41, 5.74) is 2.93. The summed E-state index contributed by atoms with van der Waals surface area (Å²) in [7, 11) is 4.03. The van der Waals surface area contributed by atoms with Gasteiger partial charge in [-0.05, 0) is 55.0 Å². The van der Waals surface area contributed by atoms with Crippen LogP contribution in [0.4, 0.5) is 5.69 Å². The molecular formula is C26H35N3O2. The summed E-state index contributed by atoms with van der Waals surface area (Å²) in [5.74, 6) is 1.92. The Morgan fingerprint density at radius 2 is 1.23 bits per heavy atom. The summed E-state index contributed by atoms with van der Waals surface area (Å²) in [6, 6.07) is 15.9. The number of aromatic nitrogens is 2. The lowest BCUT2D eigenvalue weighted by Gasteiger charge is -2.11. The highest BCUT2D eigenvalue weighted by Gasteiger charge is 2.11. The van der Waals surface area contributed by atoms with Crippen molar-refractivity contribution in [1.82, 2.24) is 10.2 Å². The van der Waals surface area contributed by atoms with Gasteiger partial charge in [0.15, 0.2) is 0 Å². The Morgan fingerprint density at radius 1 is 0.710 bits per heavy atom. The van der Waals surface area contributed by atoms with Crippen LogP contribution in [-0.2, 0) is 0 Å². The van der Waals surface area contributed by atoms with Gasteiger partial charge in [-0.2, -0.15) is 0 Å². The fraction of sp³-hybridized carbons (Fsp3) is 0.462. The zero-order valence-corrected chi connectivity index (χ0v) is 19.1. The third-order valence-corrected chi connectivity index (χ3v) is 5.42. The number of unbranched alkanes of at least 4 members (excludes halogenated alkanes) is 7. The van der Waals surface area contributed by atoms with Crippen LogP contribution in [0, 0.1) is 0 Å². The van der Waals surface area contributed by atoms with Crippen LogP contribution >= 0.6 is 0 Å². The van der Waals surface area contributed by atoms with Gasteiger partial charge >= 0.3 is 0 Å². The number of nitrogens with zero attached hydrogens (tertiary/aromatic N) is 3. The fourth-order valence-corrected chi connectivity index (χ4v) is 3.48. The molecule has 3 rings (SSSR count). The van der Waals surface area contributed by atoms with Crippen LogP contribution in [0.3, 0.4) is 0 Å². The van der Waals surface area contributed by atoms with Gasteiger partial charge in [0.1, 0.15) is 5.75 Å². The van der Waals surface area contributed by atoms with Crippen molar-refractivity contribution in [3.8, 4) is 28.7 Å². The highest BCUT2D eigenvalue weighted by molar-refractivity contribution is 5.61. The second-order valence-corrected chi connectivity index (χ2v) is 8.20. The maximum Gasteiger partial charge on any atom is 0.248 e. The van der Waals surface area contributed by atoms with Gasteiger partial charge < -0.3 is 14.1 Å². The Morgan fingerprint density at radius 3 is 1.77 bits per heavy atom. The lowest BCUT2D eigenvalue weighted by Crippen LogP contribution is -2.07. The molecule has 0 bridgehead atoms. The zero-order chi connectivity index (χ0) is 21.9. The van der Waals surface area contributed by atoms with Gasteiger partial charge in [-0.3, -0.25) is 0 Å². The topological polar surface area (TPSA) is 51.4 Å². The molecule has 0 aliphatic carbocycles. The number of ether oxygens (including phenoxy) is 1. The van der Waals surface area contributed by atoms with Gasteiger partial charge in [0.05, 0.1) is 6.61 Å². The molecule has 5 nitrogen and oxygen atoms in total. The van der Waals surface area contributed by atoms with E-state index < -0.39 is 0 Å². The molecule has 0 spiro atoms. The van der Waals surface area contributed by atoms with E-state index in [1.165, 1.54) is 44.9 Å². The molecule has 0 amide bonds. The Labute approximate surface area is 186 Å². The maximum absolute atomic E-state index is 5.88. The van der Waals surface area contributed by atoms with Crippen molar-refractivity contribution < 1.29 is 9.15 Å². The first-order valence-electron chi connectivity index (χ1n) is 11.5. The maximum atomic E-state index is 5.88. The van der Waals surface area contributed by atoms with Crippen molar-refractivity contribution in [1.29, 1.82) is 0 Å². The summed E-state index contributed by atoms with van der Waals surface area (Å²) in [6.07, 6.45) is 10.4. The first-order chi connectivity index (χ1) is 15.2. The normalized spacial score (nSPS) is 10.9. The van der Waals surface area contributed by atoms with E-state index in [1.807, 2.05) is 62.6 Å². The number of benzene rings is 2. The van der Waals surface area contributed by atoms with Gasteiger partial charge in [-0.15, -0.1) is 10.2 Å². The van der Waals surface area contributed by atoms with Crippen molar-refractivity contribution in [2.24, 2.45) is 0 Å². The molecular weight excluding hydrogens is 386 g/mol. The van der Waals surface area contributed by atoms with E-state index >= 15 is 0 Å². The van der Waals surface area contributed by atoms with Crippen LogP contribution in [0.2, 0.25) is 0 Å². The molecule has 0 fully saturated rings. The second-order valence-electron chi connectivity index (χ2n) is 8.20. The Balaban J connectivity index is 1.44. The minimum Gasteiger partial charge on any atom is -0.494 e. The Kier molecular flexibility index (Phi) is 8.95. The standard InChI is InChI=1S/C26H35N3O2/c1-4-5-6-7-8-9-10-11-20-30-24-18-14-22(15-19-24)26-28-27-25(31-26)21-12-16-23(17-13-21)29(2)3/h12-19H,4-11,20H2,1-3H3. The molecule has 0 aliphatic rings. The summed E-state index contributed by atoms with van der Waals surface area (Å²) in [6.45, 7) is 3.02. The monoisotopic (exact) mass is 421 g/mol. The molecule has 5 heteroatoms. The van der Waals surface area contributed by atoms with E-state index in [4.69, 9.17) is 9.15 Å². The van der Waals surface area contributed by atoms with Crippen molar-refractivity contribution in [2.75, 3.05) is 25.6 Å². The average molecular weight is 422 g/mol. The predicted octanol–water partition coefficient (Wildman–Crippen LogP) is 6.99. The lowest BCUT2D eigenvalue weighted by atomic mass is 10.1. The van der Waals surface area contributed by atoms with Gasteiger partial charge in [0.25, 0.3) is 0 Å². The van der Waals surface area contributed by atoms with Crippen LogP contribution in [0.1, 0.15) is 58.3 Å². The van der Waals surface area contributed by atoms with E-state index in [2.05, 4.69) is 22.0 Å². The van der Waals surface area contributed by atoms with E-state index in [-0.39, 0.29) is 0 Å². The minimum absolute atomic E-state index is 0.515. The largest absolute Gasteiger partial charge is 0.494 e. The van der Waals surface area contributed by atoms with Crippen LogP contribution in [0.15, 0.2) is 52.9 Å². The zero-order valence-electron chi connectivity index (χ0n) is 19.1. The second kappa shape index (κ2) is 12.1. The van der Waals surface area contributed by atoms with Crippen LogP contribution in [0.25, 0.3) is 22.9 Å². The molecule has 0 N–H and O–H groups in total. The average Bonchev–Trinajstić information content (AvgIpc) is 3.29. The molecule has 1 aromatic heterocycles. The van der Waals surface area contributed by atoms with E-state index in [9.17, 15) is 0 Å². The van der Waals surface area contributed by atoms with E-state index in [0.717, 1.165) is 35.6 Å². The van der Waals surface area contributed by atoms with Crippen LogP contribution < -0.4 is 9.64 Å². The van der Waals surface area contributed by atoms with Crippen molar-refractivity contribution in [2.45, 2.75) is 58.3 Å². The molecule has 0 saturated heterocycles. The van der Waals surface area contributed by atoms with Crippen LogP contribution in [-0.4, -0.2) is 30.9 Å². The predicted molar refractivity (Wildman–Crippen MR) is 128 cm³/mol. The quantitative estimate of drug-likeness (QED) is 0.278. The lowest BCUT2D eigenvalue weighted by molar-refractivity contribution is 0.304. The van der Waals surface area contributed by atoms with Crippen LogP contribution in [0.5, 0.6) is 5.75 Å². The van der Waals surface area contributed by atoms with Gasteiger partial charge in [-0.1, -0.05) is 51.9 Å². The molecule has 0 atom stereocenters. The highest BCUT2D eigenvalue weighted by Crippen LogP contribution is 2.26. The molecule has 0 saturated carbocycles. The van der Waals surface area contributed by atoms with Gasteiger partial charge in [0, 0.05) is 30.9 Å². The number of anilines is 1. The number of hydrogen-bond donors (Lipinski definition) is 0. The summed E-state index contributed by atoms with van der Waals surface area (Å²) in [4.78, 5) is 2.06. The molecule has 166 valence electrons. The molecule has 3 aromatic rings. The molecule has 1 heterocycles. The van der Waals surface area contributed by atoms with Crippen molar-refractivity contribution in [3.05, 3.63) is 48.5 Å². The van der Waals surface area contributed by atoms with E-state index in [1.54, 1.807) is 0 Å². The summed E-state index contributed by atoms with van der Waals surface area (Å²) in [5, 5.41) is 8.40. The SMILES string of the molecule is CCCCCCCCCCOc1ccc(-c2nnc(-c3ccc(N(C)C)cc3)o2)cc1. The Bertz CT molecular complexity index is 886. The molecule has 0 aliphatic heterocycles. The summed E-state index contributed by atoms with van der Waals surface area (Å²) < 4.78 is 11.8. The fourth-order valence-electron chi connectivity index (χ4n) is 3.48. The molecule has 2 aromatic carbocycles. The molecule has 0 radical (unpaired) electrons. The van der Waals surface area contributed by atoms with Crippen molar-refractivity contribution in [3.63, 3.8) is 0 Å². The first kappa shape index (κ1) is 22.9. The van der Waals surface area contributed by atoms with Crippen molar-refractivity contribution >= 4 is 5.69 Å². The summed E-state index contributed by atoms with van der Waals surface area (Å²) >= 11 is 0. The Hall–Kier alpha value is -2.82. The van der Waals surface area contributed by atoms with Gasteiger partial charge in [-0.25, -0.2) is 0 Å². The van der Waals surface area contributed by atoms with E-state index in [0.29, 0.717) is 11.8 Å². The number of rotatable bonds is 13. The smallest absolute Gasteiger partial charge is 0.248 e. The minimum atomic E-state index is 0.515. The third-order valence-electron chi connectivity index (χ3n) is 5.42. The highest BCUT2D eigenvalue weighted by atomic mass is 16.5. The van der Waals surface area contributed by atoms with Gasteiger partial charge in [0.2, 0.25) is 11.8 Å². The first-order valence-corrected chi connectivity index (χ1v) is 11.5.